The van der Waals surface area contributed by atoms with Gasteiger partial charge in [0.2, 0.25) is 0 Å². The Morgan fingerprint density at radius 2 is 2.18 bits per heavy atom. The largest absolute Gasteiger partial charge is 0.271 e. The third-order valence-electron chi connectivity index (χ3n) is 3.43. The number of benzene rings is 1. The number of thiazole rings is 1. The van der Waals surface area contributed by atoms with Gasteiger partial charge in [0.15, 0.2) is 0 Å². The summed E-state index contributed by atoms with van der Waals surface area (Å²) in [6.07, 6.45) is 3.12. The summed E-state index contributed by atoms with van der Waals surface area (Å²) in [6.45, 7) is 0. The van der Waals surface area contributed by atoms with Crippen molar-refractivity contribution in [2.45, 2.75) is 18.4 Å². The molecule has 1 aromatic heterocycles. The van der Waals surface area contributed by atoms with Gasteiger partial charge in [-0.1, -0.05) is 30.3 Å². The van der Waals surface area contributed by atoms with Crippen molar-refractivity contribution in [2.24, 2.45) is 11.8 Å². The monoisotopic (exact) mass is 245 g/mol. The molecular weight excluding hydrogens is 230 g/mol. The highest BCUT2D eigenvalue weighted by Gasteiger charge is 2.44. The highest BCUT2D eigenvalue weighted by Crippen LogP contribution is 2.54. The summed E-state index contributed by atoms with van der Waals surface area (Å²) >= 11 is 1.67. The van der Waals surface area contributed by atoms with Crippen LogP contribution in [0.3, 0.4) is 0 Å². The van der Waals surface area contributed by atoms with Crippen molar-refractivity contribution in [3.8, 4) is 0 Å². The Morgan fingerprint density at radius 1 is 1.35 bits per heavy atom. The summed E-state index contributed by atoms with van der Waals surface area (Å²) in [5.41, 5.74) is 6.22. The summed E-state index contributed by atoms with van der Waals surface area (Å²) in [5, 5.41) is 0. The van der Waals surface area contributed by atoms with Crippen LogP contribution in [0.1, 0.15) is 28.8 Å². The van der Waals surface area contributed by atoms with Gasteiger partial charge in [0.05, 0.1) is 11.6 Å². The second-order valence-electron chi connectivity index (χ2n) is 4.46. The van der Waals surface area contributed by atoms with Crippen LogP contribution in [0.4, 0.5) is 0 Å². The van der Waals surface area contributed by atoms with Gasteiger partial charge in [0.1, 0.15) is 0 Å². The maximum Gasteiger partial charge on any atom is 0.0794 e. The Kier molecular flexibility index (Phi) is 2.93. The number of hydrazine groups is 1. The van der Waals surface area contributed by atoms with Crippen LogP contribution in [0.25, 0.3) is 0 Å². The van der Waals surface area contributed by atoms with Crippen LogP contribution in [0.2, 0.25) is 0 Å². The zero-order valence-electron chi connectivity index (χ0n) is 9.41. The zero-order valence-corrected chi connectivity index (χ0v) is 10.2. The van der Waals surface area contributed by atoms with Crippen LogP contribution in [-0.2, 0) is 0 Å². The Labute approximate surface area is 105 Å². The first kappa shape index (κ1) is 10.9. The molecule has 1 saturated carbocycles. The summed E-state index contributed by atoms with van der Waals surface area (Å²) in [7, 11) is 0. The smallest absolute Gasteiger partial charge is 0.0794 e. The minimum atomic E-state index is 0.243. The summed E-state index contributed by atoms with van der Waals surface area (Å²) in [6, 6.07) is 10.9. The lowest BCUT2D eigenvalue weighted by Gasteiger charge is -2.13. The number of rotatable bonds is 4. The zero-order chi connectivity index (χ0) is 11.7. The van der Waals surface area contributed by atoms with Crippen LogP contribution in [0, 0.1) is 5.92 Å². The van der Waals surface area contributed by atoms with E-state index in [0.717, 1.165) is 0 Å². The first-order chi connectivity index (χ1) is 8.40. The Hall–Kier alpha value is -1.23. The van der Waals surface area contributed by atoms with E-state index in [1.54, 1.807) is 11.3 Å². The first-order valence-electron chi connectivity index (χ1n) is 5.79. The first-order valence-corrected chi connectivity index (χ1v) is 6.67. The molecule has 3 atom stereocenters. The van der Waals surface area contributed by atoms with Crippen molar-refractivity contribution in [3.63, 3.8) is 0 Å². The van der Waals surface area contributed by atoms with E-state index >= 15 is 0 Å². The molecule has 0 aliphatic heterocycles. The van der Waals surface area contributed by atoms with E-state index in [1.165, 1.54) is 16.9 Å². The maximum absolute atomic E-state index is 5.67. The Balaban J connectivity index is 1.75. The molecule has 0 spiro atoms. The normalized spacial score (nSPS) is 24.5. The van der Waals surface area contributed by atoms with Crippen molar-refractivity contribution in [1.82, 2.24) is 10.4 Å². The predicted molar refractivity (Wildman–Crippen MR) is 69.5 cm³/mol. The van der Waals surface area contributed by atoms with Crippen molar-refractivity contribution < 1.29 is 0 Å². The minimum absolute atomic E-state index is 0.243. The van der Waals surface area contributed by atoms with E-state index in [1.807, 2.05) is 11.7 Å². The van der Waals surface area contributed by atoms with E-state index in [2.05, 4.69) is 40.7 Å². The number of hydrogen-bond donors (Lipinski definition) is 2. The molecule has 2 aromatic rings. The molecule has 1 fully saturated rings. The molecule has 3 N–H and O–H groups in total. The van der Waals surface area contributed by atoms with Gasteiger partial charge >= 0.3 is 0 Å². The lowest BCUT2D eigenvalue weighted by molar-refractivity contribution is 0.494. The summed E-state index contributed by atoms with van der Waals surface area (Å²) < 4.78 is 0. The highest BCUT2D eigenvalue weighted by atomic mass is 32.1. The number of aromatic nitrogens is 1. The molecule has 88 valence electrons. The number of nitrogens with two attached hydrogens (primary N) is 1. The highest BCUT2D eigenvalue weighted by molar-refractivity contribution is 7.09. The van der Waals surface area contributed by atoms with Gasteiger partial charge in [-0.05, 0) is 23.8 Å². The number of nitrogens with zero attached hydrogens (tertiary/aromatic N) is 1. The second kappa shape index (κ2) is 4.56. The van der Waals surface area contributed by atoms with Crippen LogP contribution in [0.15, 0.2) is 42.0 Å². The van der Waals surface area contributed by atoms with Gasteiger partial charge in [-0.2, -0.15) is 0 Å². The van der Waals surface area contributed by atoms with E-state index in [9.17, 15) is 0 Å². The van der Waals surface area contributed by atoms with Crippen LogP contribution in [-0.4, -0.2) is 4.98 Å². The van der Waals surface area contributed by atoms with Crippen LogP contribution < -0.4 is 11.3 Å². The third kappa shape index (κ3) is 2.11. The molecule has 0 amide bonds. The summed E-state index contributed by atoms with van der Waals surface area (Å²) in [5.74, 6) is 6.91. The van der Waals surface area contributed by atoms with Gasteiger partial charge in [0, 0.05) is 11.1 Å². The Bertz CT molecular complexity index is 469. The van der Waals surface area contributed by atoms with Crippen LogP contribution in [0.5, 0.6) is 0 Å². The molecule has 0 bridgehead atoms. The fourth-order valence-electron chi connectivity index (χ4n) is 2.46. The second-order valence-corrected chi connectivity index (χ2v) is 5.38. The van der Waals surface area contributed by atoms with Gasteiger partial charge in [-0.3, -0.25) is 16.3 Å². The van der Waals surface area contributed by atoms with Gasteiger partial charge in [0.25, 0.3) is 0 Å². The maximum atomic E-state index is 5.67. The van der Waals surface area contributed by atoms with Gasteiger partial charge in [-0.15, -0.1) is 11.3 Å². The minimum Gasteiger partial charge on any atom is -0.271 e. The van der Waals surface area contributed by atoms with Crippen LogP contribution >= 0.6 is 11.3 Å². The van der Waals surface area contributed by atoms with Crippen molar-refractivity contribution >= 4 is 11.3 Å². The quantitative estimate of drug-likeness (QED) is 0.642. The molecule has 4 heteroatoms. The standard InChI is InChI=1S/C13H15N3S/c14-16-13(12-7-15-8-17-12)11-6-10(11)9-4-2-1-3-5-9/h1-5,7-8,10-11,13,16H,6,14H2. The molecule has 0 radical (unpaired) electrons. The lowest BCUT2D eigenvalue weighted by atomic mass is 10.1. The average molecular weight is 245 g/mol. The molecule has 17 heavy (non-hydrogen) atoms. The van der Waals surface area contributed by atoms with E-state index in [4.69, 9.17) is 5.84 Å². The Morgan fingerprint density at radius 3 is 2.82 bits per heavy atom. The molecule has 1 aliphatic rings. The number of nitrogens with one attached hydrogen (secondary N) is 1. The van der Waals surface area contributed by atoms with E-state index in [-0.39, 0.29) is 6.04 Å². The lowest BCUT2D eigenvalue weighted by Crippen LogP contribution is -2.29. The molecule has 1 aliphatic carbocycles. The SMILES string of the molecule is NNC(c1cncs1)C1CC1c1ccccc1. The van der Waals surface area contributed by atoms with Crippen molar-refractivity contribution in [3.05, 3.63) is 52.5 Å². The molecule has 0 saturated heterocycles. The van der Waals surface area contributed by atoms with E-state index in [0.29, 0.717) is 11.8 Å². The fraction of sp³-hybridized carbons (Fsp3) is 0.308. The topological polar surface area (TPSA) is 50.9 Å². The van der Waals surface area contributed by atoms with E-state index < -0.39 is 0 Å². The van der Waals surface area contributed by atoms with Gasteiger partial charge in [-0.25, -0.2) is 0 Å². The molecule has 1 heterocycles. The van der Waals surface area contributed by atoms with Crippen molar-refractivity contribution in [2.75, 3.05) is 0 Å². The van der Waals surface area contributed by atoms with Crippen molar-refractivity contribution in [1.29, 1.82) is 0 Å². The fourth-order valence-corrected chi connectivity index (χ4v) is 3.22. The molecule has 3 rings (SSSR count). The number of hydrogen-bond acceptors (Lipinski definition) is 4. The average Bonchev–Trinajstić information content (AvgIpc) is 2.97. The molecule has 1 aromatic carbocycles. The predicted octanol–water partition coefficient (Wildman–Crippen LogP) is 2.45. The molecule has 3 nitrogen and oxygen atoms in total. The van der Waals surface area contributed by atoms with Gasteiger partial charge < -0.3 is 0 Å². The molecule has 3 unspecified atom stereocenters. The molecular formula is C13H15N3S. The summed E-state index contributed by atoms with van der Waals surface area (Å²) in [4.78, 5) is 5.35. The third-order valence-corrected chi connectivity index (χ3v) is 4.29.